The van der Waals surface area contributed by atoms with E-state index in [0.717, 1.165) is 0 Å². The molecule has 2 heterocycles. The fraction of sp³-hybridized carbons (Fsp3) is 0.188. The molecule has 2 aromatic heterocycles. The zero-order valence-electron chi connectivity index (χ0n) is 20.3. The minimum absolute atomic E-state index is 0.0120. The first-order valence-electron chi connectivity index (χ1n) is 10.5. The van der Waals surface area contributed by atoms with E-state index in [9.17, 15) is 34.4 Å². The molecule has 3 rings (SSSR count). The van der Waals surface area contributed by atoms with Crippen LogP contribution >= 0.6 is 12.0 Å². The molecule has 0 amide bonds. The first-order chi connectivity index (χ1) is 19.6. The molecular formula is C16H18N10O12S4. The van der Waals surface area contributed by atoms with Gasteiger partial charge in [-0.15, -0.1) is 4.33 Å². The van der Waals surface area contributed by atoms with E-state index < -0.39 is 70.8 Å². The molecule has 1 aromatic carbocycles. The summed E-state index contributed by atoms with van der Waals surface area (Å²) in [6.07, 6.45) is 1.17. The van der Waals surface area contributed by atoms with E-state index in [1.807, 2.05) is 0 Å². The van der Waals surface area contributed by atoms with Crippen molar-refractivity contribution in [3.05, 3.63) is 24.3 Å². The predicted octanol–water partition coefficient (Wildman–Crippen LogP) is 0.109. The second kappa shape index (κ2) is 14.0. The molecular weight excluding hydrogens is 653 g/mol. The number of hydrogen-bond donors (Lipinski definition) is 7. The SMILES string of the molecule is O=S(=O)(O)CCNc1nc(Nc2cccc(Nc3nc(/N=C/CSOOO)nc(S(=O)(=O)O)n3)c2)nc(S(=O)(=O)O)n1. The van der Waals surface area contributed by atoms with Crippen molar-refractivity contribution in [1.29, 1.82) is 0 Å². The number of benzene rings is 1. The Bertz CT molecular complexity index is 1770. The summed E-state index contributed by atoms with van der Waals surface area (Å²) in [6, 6.07) is 5.81. The van der Waals surface area contributed by atoms with Crippen LogP contribution in [0.15, 0.2) is 39.6 Å². The molecule has 0 radical (unpaired) electrons. The maximum Gasteiger partial charge on any atom is 0.330 e. The van der Waals surface area contributed by atoms with Crippen LogP contribution in [0.5, 0.6) is 0 Å². The summed E-state index contributed by atoms with van der Waals surface area (Å²) in [4.78, 5) is 25.8. The Kier molecular flexibility index (Phi) is 10.9. The van der Waals surface area contributed by atoms with Crippen LogP contribution in [0.25, 0.3) is 0 Å². The van der Waals surface area contributed by atoms with Crippen LogP contribution in [0.1, 0.15) is 0 Å². The second-order valence-electron chi connectivity index (χ2n) is 7.24. The van der Waals surface area contributed by atoms with Gasteiger partial charge < -0.3 is 16.0 Å². The number of nitrogens with zero attached hydrogens (tertiary/aromatic N) is 7. The van der Waals surface area contributed by atoms with Gasteiger partial charge in [0.05, 0.1) is 11.5 Å². The highest BCUT2D eigenvalue weighted by Crippen LogP contribution is 2.22. The number of nitrogens with one attached hydrogen (secondary N) is 3. The van der Waals surface area contributed by atoms with Gasteiger partial charge in [0.1, 0.15) is 0 Å². The Labute approximate surface area is 240 Å². The molecule has 7 N–H and O–H groups in total. The number of anilines is 5. The van der Waals surface area contributed by atoms with Gasteiger partial charge in [-0.25, -0.2) is 10.2 Å². The van der Waals surface area contributed by atoms with E-state index in [0.29, 0.717) is 12.0 Å². The molecule has 228 valence electrons. The van der Waals surface area contributed by atoms with E-state index >= 15 is 0 Å². The molecule has 26 heteroatoms. The standard InChI is InChI=1S/C16H18N10O12S4/c27-37-38-39-6-4-17-11-21-13(25-15(23-11)41(31,32)33)19-9-2-1-3-10(8-9)20-14-22-12(18-5-7-40(28,29)30)24-16(26-14)42(34,35)36/h1-4,8,27H,5-7H2,(H,28,29,30)(H,31,32,33)(H,34,35,36)(H,19,21,23,25)(H2,18,20,22,24,26)/b17-4+. The van der Waals surface area contributed by atoms with Gasteiger partial charge in [0.2, 0.25) is 17.8 Å². The average Bonchev–Trinajstić information content (AvgIpc) is 2.87. The molecule has 0 atom stereocenters. The van der Waals surface area contributed by atoms with E-state index in [2.05, 4.69) is 60.2 Å². The largest absolute Gasteiger partial charge is 0.353 e. The number of hydrogen-bond acceptors (Lipinski definition) is 20. The van der Waals surface area contributed by atoms with Gasteiger partial charge in [0, 0.05) is 36.2 Å². The molecule has 0 saturated heterocycles. The first kappa shape index (κ1) is 32.8. The summed E-state index contributed by atoms with van der Waals surface area (Å²) in [5.41, 5.74) is 0.406. The summed E-state index contributed by atoms with van der Waals surface area (Å²) in [5, 5.41) is 17.1. The zero-order valence-corrected chi connectivity index (χ0v) is 23.6. The summed E-state index contributed by atoms with van der Waals surface area (Å²) >= 11 is 0.617. The normalized spacial score (nSPS) is 12.4. The first-order valence-corrected chi connectivity index (χ1v) is 15.9. The molecule has 42 heavy (non-hydrogen) atoms. The highest BCUT2D eigenvalue weighted by atomic mass is 32.2. The van der Waals surface area contributed by atoms with Gasteiger partial charge >= 0.3 is 20.2 Å². The highest BCUT2D eigenvalue weighted by molar-refractivity contribution is 7.95. The summed E-state index contributed by atoms with van der Waals surface area (Å²) < 4.78 is 100. The maximum atomic E-state index is 11.6. The van der Waals surface area contributed by atoms with Crippen molar-refractivity contribution in [3.8, 4) is 0 Å². The van der Waals surface area contributed by atoms with Crippen molar-refractivity contribution in [1.82, 2.24) is 29.9 Å². The third-order valence-corrected chi connectivity index (χ3v) is 6.58. The van der Waals surface area contributed by atoms with E-state index in [1.165, 1.54) is 30.5 Å². The topological polar surface area (TPSA) is 328 Å². The Hall–Kier alpha value is -3.73. The number of aliphatic imine (C=N–C) groups is 1. The average molecular weight is 671 g/mol. The number of aromatic nitrogens is 6. The van der Waals surface area contributed by atoms with E-state index in [4.69, 9.17) is 9.81 Å². The van der Waals surface area contributed by atoms with Gasteiger partial charge in [0.25, 0.3) is 26.4 Å². The molecule has 0 aliphatic rings. The lowest BCUT2D eigenvalue weighted by Gasteiger charge is -2.11. The molecule has 3 aromatic rings. The van der Waals surface area contributed by atoms with Gasteiger partial charge in [-0.2, -0.15) is 55.2 Å². The minimum atomic E-state index is -4.93. The van der Waals surface area contributed by atoms with Crippen molar-refractivity contribution >= 4 is 83.8 Å². The summed E-state index contributed by atoms with van der Waals surface area (Å²) in [5.74, 6) is -2.42. The predicted molar refractivity (Wildman–Crippen MR) is 143 cm³/mol. The highest BCUT2D eigenvalue weighted by Gasteiger charge is 2.19. The Morgan fingerprint density at radius 1 is 0.833 bits per heavy atom. The fourth-order valence-electron chi connectivity index (χ4n) is 2.61. The van der Waals surface area contributed by atoms with Gasteiger partial charge in [-0.05, 0) is 18.2 Å². The zero-order chi connectivity index (χ0) is 31.0. The Morgan fingerprint density at radius 3 is 1.98 bits per heavy atom. The van der Waals surface area contributed by atoms with Crippen molar-refractivity contribution < 1.29 is 53.5 Å². The van der Waals surface area contributed by atoms with Gasteiger partial charge in [0.15, 0.2) is 0 Å². The van der Waals surface area contributed by atoms with Crippen LogP contribution in [0.2, 0.25) is 0 Å². The fourth-order valence-corrected chi connectivity index (χ4v) is 4.00. The van der Waals surface area contributed by atoms with Crippen molar-refractivity contribution in [2.24, 2.45) is 4.99 Å². The van der Waals surface area contributed by atoms with Crippen LogP contribution in [0, 0.1) is 0 Å². The molecule has 0 saturated carbocycles. The molecule has 0 unspecified atom stereocenters. The lowest BCUT2D eigenvalue weighted by atomic mass is 10.3. The van der Waals surface area contributed by atoms with Crippen LogP contribution in [0.4, 0.5) is 35.2 Å². The monoisotopic (exact) mass is 670 g/mol. The third kappa shape index (κ3) is 10.9. The summed E-state index contributed by atoms with van der Waals surface area (Å²) in [7, 11) is -14.2. The van der Waals surface area contributed by atoms with Crippen molar-refractivity contribution in [2.75, 3.05) is 34.0 Å². The van der Waals surface area contributed by atoms with Gasteiger partial charge in [-0.1, -0.05) is 11.1 Å². The Balaban J connectivity index is 1.86. The Morgan fingerprint density at radius 2 is 1.40 bits per heavy atom. The third-order valence-electron chi connectivity index (χ3n) is 4.13. The molecule has 0 bridgehead atoms. The summed E-state index contributed by atoms with van der Waals surface area (Å²) in [6.45, 7) is -0.417. The van der Waals surface area contributed by atoms with Gasteiger partial charge in [-0.3, -0.25) is 13.7 Å². The van der Waals surface area contributed by atoms with Crippen molar-refractivity contribution in [2.45, 2.75) is 10.3 Å². The molecule has 22 nitrogen and oxygen atoms in total. The molecule has 0 fully saturated rings. The maximum absolute atomic E-state index is 11.6. The quantitative estimate of drug-likeness (QED) is 0.0281. The lowest BCUT2D eigenvalue weighted by molar-refractivity contribution is -0.432. The molecule has 0 aliphatic heterocycles. The molecule has 0 aliphatic carbocycles. The smallest absolute Gasteiger partial charge is 0.330 e. The van der Waals surface area contributed by atoms with Crippen LogP contribution < -0.4 is 16.0 Å². The lowest BCUT2D eigenvalue weighted by Crippen LogP contribution is -2.18. The van der Waals surface area contributed by atoms with E-state index in [-0.39, 0.29) is 23.1 Å². The van der Waals surface area contributed by atoms with Crippen LogP contribution in [-0.4, -0.2) is 98.3 Å². The van der Waals surface area contributed by atoms with Crippen LogP contribution in [0.3, 0.4) is 0 Å². The second-order valence-corrected chi connectivity index (χ2v) is 12.1. The van der Waals surface area contributed by atoms with Crippen LogP contribution in [-0.2, 0) is 39.7 Å². The molecule has 0 spiro atoms. The van der Waals surface area contributed by atoms with Crippen molar-refractivity contribution in [3.63, 3.8) is 0 Å². The number of rotatable bonds is 15. The van der Waals surface area contributed by atoms with E-state index in [1.54, 1.807) is 0 Å². The minimum Gasteiger partial charge on any atom is -0.353 e.